The van der Waals surface area contributed by atoms with Crippen molar-refractivity contribution in [1.29, 1.82) is 0 Å². The SMILES string of the molecule is CCc1sc(C(=O)N2CCCC3CN(c4nc(C)ns4)CCC32)cc1C. The van der Waals surface area contributed by atoms with E-state index in [1.54, 1.807) is 11.3 Å². The molecule has 2 unspecified atom stereocenters. The summed E-state index contributed by atoms with van der Waals surface area (Å²) in [5.74, 6) is 1.64. The van der Waals surface area contributed by atoms with E-state index in [4.69, 9.17) is 0 Å². The van der Waals surface area contributed by atoms with Crippen LogP contribution in [-0.2, 0) is 6.42 Å². The van der Waals surface area contributed by atoms with Gasteiger partial charge in [-0.05, 0) is 57.1 Å². The summed E-state index contributed by atoms with van der Waals surface area (Å²) in [4.78, 5) is 24.5. The number of rotatable bonds is 3. The van der Waals surface area contributed by atoms with Gasteiger partial charge in [-0.15, -0.1) is 11.3 Å². The van der Waals surface area contributed by atoms with E-state index in [1.807, 2.05) is 6.92 Å². The number of aromatic nitrogens is 2. The number of carbonyl (C=O) groups is 1. The van der Waals surface area contributed by atoms with Crippen molar-refractivity contribution in [2.45, 2.75) is 52.5 Å². The molecule has 26 heavy (non-hydrogen) atoms. The molecular weight excluding hydrogens is 364 g/mol. The van der Waals surface area contributed by atoms with E-state index in [0.29, 0.717) is 12.0 Å². The second-order valence-corrected chi connectivity index (χ2v) is 9.26. The van der Waals surface area contributed by atoms with Crippen molar-refractivity contribution in [3.8, 4) is 0 Å². The summed E-state index contributed by atoms with van der Waals surface area (Å²) >= 11 is 3.17. The summed E-state index contributed by atoms with van der Waals surface area (Å²) in [5, 5.41) is 1.03. The Morgan fingerprint density at radius 2 is 2.15 bits per heavy atom. The highest BCUT2D eigenvalue weighted by atomic mass is 32.1. The van der Waals surface area contributed by atoms with Gasteiger partial charge in [0.05, 0.1) is 4.88 Å². The number of hydrogen-bond donors (Lipinski definition) is 0. The van der Waals surface area contributed by atoms with Crippen molar-refractivity contribution in [1.82, 2.24) is 14.3 Å². The predicted octanol–water partition coefficient (Wildman–Crippen LogP) is 3.91. The van der Waals surface area contributed by atoms with Crippen LogP contribution in [0.1, 0.15) is 52.1 Å². The Morgan fingerprint density at radius 1 is 1.31 bits per heavy atom. The molecule has 4 heterocycles. The largest absolute Gasteiger partial charge is 0.346 e. The number of thiophene rings is 1. The topological polar surface area (TPSA) is 49.3 Å². The minimum atomic E-state index is 0.243. The van der Waals surface area contributed by atoms with Gasteiger partial charge in [0.1, 0.15) is 5.82 Å². The number of hydrogen-bond acceptors (Lipinski definition) is 6. The minimum absolute atomic E-state index is 0.243. The summed E-state index contributed by atoms with van der Waals surface area (Å²) in [6, 6.07) is 2.46. The normalized spacial score (nSPS) is 23.2. The molecule has 0 spiro atoms. The average Bonchev–Trinajstić information content (AvgIpc) is 3.25. The van der Waals surface area contributed by atoms with Crippen LogP contribution in [-0.4, -0.2) is 45.8 Å². The van der Waals surface area contributed by atoms with Crippen LogP contribution in [0.3, 0.4) is 0 Å². The molecule has 0 N–H and O–H groups in total. The van der Waals surface area contributed by atoms with E-state index in [-0.39, 0.29) is 5.91 Å². The molecule has 2 saturated heterocycles. The van der Waals surface area contributed by atoms with Gasteiger partial charge in [0.2, 0.25) is 5.13 Å². The van der Waals surface area contributed by atoms with Gasteiger partial charge in [-0.3, -0.25) is 4.79 Å². The zero-order valence-corrected chi connectivity index (χ0v) is 17.3. The van der Waals surface area contributed by atoms with Gasteiger partial charge < -0.3 is 9.80 Å². The molecule has 5 nitrogen and oxygen atoms in total. The van der Waals surface area contributed by atoms with Crippen LogP contribution in [0.15, 0.2) is 6.07 Å². The molecule has 0 aliphatic carbocycles. The first-order valence-corrected chi connectivity index (χ1v) is 11.1. The number of anilines is 1. The van der Waals surface area contributed by atoms with Crippen LogP contribution in [0.5, 0.6) is 0 Å². The van der Waals surface area contributed by atoms with Crippen LogP contribution in [0, 0.1) is 19.8 Å². The van der Waals surface area contributed by atoms with Gasteiger partial charge in [-0.2, -0.15) is 4.37 Å². The average molecular weight is 391 g/mol. The van der Waals surface area contributed by atoms with E-state index in [1.165, 1.54) is 28.4 Å². The summed E-state index contributed by atoms with van der Waals surface area (Å²) in [7, 11) is 0. The number of fused-ring (bicyclic) bond motifs is 1. The molecule has 2 aliphatic heterocycles. The van der Waals surface area contributed by atoms with Gasteiger partial charge in [0.25, 0.3) is 5.91 Å². The summed E-state index contributed by atoms with van der Waals surface area (Å²) in [6.45, 7) is 9.08. The maximum atomic E-state index is 13.2. The molecule has 2 aliphatic rings. The zero-order valence-electron chi connectivity index (χ0n) is 15.7. The lowest BCUT2D eigenvalue weighted by atomic mass is 9.84. The molecule has 2 fully saturated rings. The van der Waals surface area contributed by atoms with E-state index in [9.17, 15) is 4.79 Å². The van der Waals surface area contributed by atoms with Crippen molar-refractivity contribution in [2.24, 2.45) is 5.92 Å². The quantitative estimate of drug-likeness (QED) is 0.797. The molecule has 2 aromatic heterocycles. The molecule has 1 amide bonds. The Hall–Kier alpha value is -1.47. The number of aryl methyl sites for hydroxylation is 3. The van der Waals surface area contributed by atoms with E-state index < -0.39 is 0 Å². The van der Waals surface area contributed by atoms with Crippen LogP contribution in [0.4, 0.5) is 5.13 Å². The number of amides is 1. The highest BCUT2D eigenvalue weighted by Gasteiger charge is 2.39. The first kappa shape index (κ1) is 17.9. The monoisotopic (exact) mass is 390 g/mol. The lowest BCUT2D eigenvalue weighted by Gasteiger charge is -2.47. The summed E-state index contributed by atoms with van der Waals surface area (Å²) in [6.07, 6.45) is 4.33. The van der Waals surface area contributed by atoms with Crippen molar-refractivity contribution in [2.75, 3.05) is 24.5 Å². The smallest absolute Gasteiger partial charge is 0.264 e. The van der Waals surface area contributed by atoms with Gasteiger partial charge in [-0.25, -0.2) is 4.98 Å². The first-order valence-electron chi connectivity index (χ1n) is 9.52. The lowest BCUT2D eigenvalue weighted by molar-refractivity contribution is 0.0453. The lowest BCUT2D eigenvalue weighted by Crippen LogP contribution is -2.55. The van der Waals surface area contributed by atoms with Crippen molar-refractivity contribution < 1.29 is 4.79 Å². The van der Waals surface area contributed by atoms with Gasteiger partial charge in [-0.1, -0.05) is 6.92 Å². The standard InChI is InChI=1S/C19H26N4OS2/c1-4-16-12(2)10-17(25-16)18(24)23-8-5-6-14-11-22(9-7-15(14)23)19-20-13(3)21-26-19/h10,14-15H,4-9,11H2,1-3H3. The molecule has 0 radical (unpaired) electrons. The predicted molar refractivity (Wildman–Crippen MR) is 107 cm³/mol. The zero-order chi connectivity index (χ0) is 18.3. The number of carbonyl (C=O) groups excluding carboxylic acids is 1. The van der Waals surface area contributed by atoms with Crippen LogP contribution in [0.2, 0.25) is 0 Å². The minimum Gasteiger partial charge on any atom is -0.346 e. The third kappa shape index (κ3) is 3.27. The highest BCUT2D eigenvalue weighted by molar-refractivity contribution is 7.14. The molecular formula is C19H26N4OS2. The second-order valence-electron chi connectivity index (χ2n) is 7.40. The molecule has 0 aromatic carbocycles. The van der Waals surface area contributed by atoms with Gasteiger partial charge in [0, 0.05) is 42.1 Å². The Morgan fingerprint density at radius 3 is 2.85 bits per heavy atom. The Kier molecular flexibility index (Phi) is 5.01. The molecule has 7 heteroatoms. The molecule has 4 rings (SSSR count). The molecule has 0 saturated carbocycles. The van der Waals surface area contributed by atoms with Gasteiger partial charge >= 0.3 is 0 Å². The van der Waals surface area contributed by atoms with Crippen molar-refractivity contribution >= 4 is 33.9 Å². The third-order valence-electron chi connectivity index (χ3n) is 5.67. The molecule has 2 aromatic rings. The fraction of sp³-hybridized carbons (Fsp3) is 0.632. The first-order chi connectivity index (χ1) is 12.6. The maximum Gasteiger partial charge on any atom is 0.264 e. The second kappa shape index (κ2) is 7.27. The third-order valence-corrected chi connectivity index (χ3v) is 7.91. The number of piperidine rings is 2. The number of nitrogens with zero attached hydrogens (tertiary/aromatic N) is 4. The fourth-order valence-corrected chi connectivity index (χ4v) is 6.14. The van der Waals surface area contributed by atoms with Gasteiger partial charge in [0.15, 0.2) is 0 Å². The number of likely N-dealkylation sites (tertiary alicyclic amines) is 1. The fourth-order valence-electron chi connectivity index (χ4n) is 4.36. The summed E-state index contributed by atoms with van der Waals surface area (Å²) in [5.41, 5.74) is 1.26. The van der Waals surface area contributed by atoms with E-state index in [0.717, 1.165) is 54.7 Å². The molecule has 2 atom stereocenters. The molecule has 0 bridgehead atoms. The van der Waals surface area contributed by atoms with Crippen molar-refractivity contribution in [3.05, 3.63) is 27.2 Å². The Bertz CT molecular complexity index is 799. The molecule has 140 valence electrons. The van der Waals surface area contributed by atoms with Crippen molar-refractivity contribution in [3.63, 3.8) is 0 Å². The summed E-state index contributed by atoms with van der Waals surface area (Å²) < 4.78 is 4.32. The highest BCUT2D eigenvalue weighted by Crippen LogP contribution is 2.35. The van der Waals surface area contributed by atoms with E-state index in [2.05, 4.69) is 39.1 Å². The Labute approximate surface area is 163 Å². The maximum absolute atomic E-state index is 13.2. The van der Waals surface area contributed by atoms with Crippen LogP contribution < -0.4 is 4.90 Å². The van der Waals surface area contributed by atoms with E-state index >= 15 is 0 Å². The Balaban J connectivity index is 1.50. The van der Waals surface area contributed by atoms with Crippen LogP contribution >= 0.6 is 22.9 Å². The van der Waals surface area contributed by atoms with Crippen LogP contribution in [0.25, 0.3) is 0 Å².